The van der Waals surface area contributed by atoms with Crippen LogP contribution in [0.2, 0.25) is 0 Å². The van der Waals surface area contributed by atoms with Gasteiger partial charge in [0, 0.05) is 31.5 Å². The van der Waals surface area contributed by atoms with E-state index in [-0.39, 0.29) is 12.1 Å². The Labute approximate surface area is 123 Å². The molecule has 1 aromatic heterocycles. The van der Waals surface area contributed by atoms with Gasteiger partial charge in [0.2, 0.25) is 0 Å². The van der Waals surface area contributed by atoms with E-state index < -0.39 is 12.8 Å². The van der Waals surface area contributed by atoms with Gasteiger partial charge in [0.25, 0.3) is 0 Å². The monoisotopic (exact) mass is 304 g/mol. The number of hydrogen-bond donors (Lipinski definition) is 1. The Hall–Kier alpha value is -1.01. The predicted octanol–water partition coefficient (Wildman–Crippen LogP) is 3.49. The number of rotatable bonds is 6. The standard InChI is InChI=1S/C15H23F3N2O/c1-2-20-7-6-12(10-20)9-19-13-4-3-5-14(8-13)21-11-15(16,17)18/h6-7,10,13-14,19H,2-5,8-9,11H2,1H3. The van der Waals surface area contributed by atoms with Gasteiger partial charge in [-0.2, -0.15) is 13.2 Å². The van der Waals surface area contributed by atoms with Crippen LogP contribution in [-0.2, 0) is 17.8 Å². The molecule has 0 amide bonds. The largest absolute Gasteiger partial charge is 0.411 e. The lowest BCUT2D eigenvalue weighted by Crippen LogP contribution is -2.37. The summed E-state index contributed by atoms with van der Waals surface area (Å²) >= 11 is 0. The van der Waals surface area contributed by atoms with Crippen molar-refractivity contribution in [3.05, 3.63) is 24.0 Å². The molecule has 1 N–H and O–H groups in total. The van der Waals surface area contributed by atoms with Gasteiger partial charge in [-0.3, -0.25) is 0 Å². The van der Waals surface area contributed by atoms with Crippen molar-refractivity contribution >= 4 is 0 Å². The molecular formula is C15H23F3N2O. The Morgan fingerprint density at radius 3 is 2.86 bits per heavy atom. The van der Waals surface area contributed by atoms with Crippen LogP contribution in [0.1, 0.15) is 38.2 Å². The third kappa shape index (κ3) is 5.71. The molecule has 1 aromatic rings. The Balaban J connectivity index is 1.73. The van der Waals surface area contributed by atoms with Gasteiger partial charge in [0.05, 0.1) is 6.10 Å². The van der Waals surface area contributed by atoms with Gasteiger partial charge < -0.3 is 14.6 Å². The molecule has 1 fully saturated rings. The Bertz CT molecular complexity index is 431. The summed E-state index contributed by atoms with van der Waals surface area (Å²) in [5.74, 6) is 0. The fourth-order valence-corrected chi connectivity index (χ4v) is 2.75. The van der Waals surface area contributed by atoms with Crippen molar-refractivity contribution in [3.8, 4) is 0 Å². The van der Waals surface area contributed by atoms with Crippen LogP contribution in [0.25, 0.3) is 0 Å². The molecule has 0 aromatic carbocycles. The second-order valence-electron chi connectivity index (χ2n) is 5.64. The van der Waals surface area contributed by atoms with Crippen LogP contribution in [0.3, 0.4) is 0 Å². The zero-order valence-corrected chi connectivity index (χ0v) is 12.3. The average Bonchev–Trinajstić information content (AvgIpc) is 2.91. The fourth-order valence-electron chi connectivity index (χ4n) is 2.75. The van der Waals surface area contributed by atoms with E-state index in [9.17, 15) is 13.2 Å². The summed E-state index contributed by atoms with van der Waals surface area (Å²) in [6, 6.07) is 2.30. The third-order valence-electron chi connectivity index (χ3n) is 3.88. The van der Waals surface area contributed by atoms with Gasteiger partial charge in [-0.15, -0.1) is 0 Å². The molecule has 0 saturated heterocycles. The summed E-state index contributed by atoms with van der Waals surface area (Å²) < 4.78 is 43.6. The van der Waals surface area contributed by atoms with E-state index >= 15 is 0 Å². The highest BCUT2D eigenvalue weighted by Crippen LogP contribution is 2.24. The minimum Gasteiger partial charge on any atom is -0.369 e. The molecule has 0 radical (unpaired) electrons. The van der Waals surface area contributed by atoms with Gasteiger partial charge >= 0.3 is 6.18 Å². The molecule has 1 aliphatic carbocycles. The van der Waals surface area contributed by atoms with Gasteiger partial charge in [-0.1, -0.05) is 0 Å². The molecule has 1 saturated carbocycles. The van der Waals surface area contributed by atoms with Crippen LogP contribution in [0, 0.1) is 0 Å². The van der Waals surface area contributed by atoms with Crippen LogP contribution >= 0.6 is 0 Å². The SMILES string of the molecule is CCn1ccc(CNC2CCCC(OCC(F)(F)F)C2)c1. The Morgan fingerprint density at radius 2 is 2.19 bits per heavy atom. The smallest absolute Gasteiger partial charge is 0.369 e. The maximum Gasteiger partial charge on any atom is 0.411 e. The molecule has 2 unspecified atom stereocenters. The first-order valence-electron chi connectivity index (χ1n) is 7.52. The molecule has 1 heterocycles. The maximum absolute atomic E-state index is 12.2. The van der Waals surface area contributed by atoms with Crippen molar-refractivity contribution in [3.63, 3.8) is 0 Å². The maximum atomic E-state index is 12.2. The van der Waals surface area contributed by atoms with Crippen molar-refractivity contribution in [2.24, 2.45) is 0 Å². The first kappa shape index (κ1) is 16.4. The topological polar surface area (TPSA) is 26.2 Å². The molecule has 3 nitrogen and oxygen atoms in total. The van der Waals surface area contributed by atoms with Crippen LogP contribution < -0.4 is 5.32 Å². The van der Waals surface area contributed by atoms with E-state index in [4.69, 9.17) is 4.74 Å². The summed E-state index contributed by atoms with van der Waals surface area (Å²) in [7, 11) is 0. The summed E-state index contributed by atoms with van der Waals surface area (Å²) in [5, 5.41) is 3.43. The van der Waals surface area contributed by atoms with Crippen molar-refractivity contribution < 1.29 is 17.9 Å². The van der Waals surface area contributed by atoms with E-state index in [2.05, 4.69) is 29.1 Å². The van der Waals surface area contributed by atoms with Crippen molar-refractivity contribution in [1.29, 1.82) is 0 Å². The molecule has 120 valence electrons. The number of alkyl halides is 3. The van der Waals surface area contributed by atoms with Crippen molar-refractivity contribution in [2.45, 2.75) is 64.0 Å². The van der Waals surface area contributed by atoms with E-state index in [0.29, 0.717) is 6.42 Å². The van der Waals surface area contributed by atoms with Crippen LogP contribution in [0.15, 0.2) is 18.5 Å². The number of nitrogens with zero attached hydrogens (tertiary/aromatic N) is 1. The average molecular weight is 304 g/mol. The predicted molar refractivity (Wildman–Crippen MR) is 75.0 cm³/mol. The molecule has 1 aliphatic rings. The van der Waals surface area contributed by atoms with Gasteiger partial charge in [-0.05, 0) is 44.2 Å². The first-order chi connectivity index (χ1) is 9.96. The number of nitrogens with one attached hydrogen (secondary N) is 1. The second-order valence-corrected chi connectivity index (χ2v) is 5.64. The van der Waals surface area contributed by atoms with E-state index in [1.165, 1.54) is 5.56 Å². The molecular weight excluding hydrogens is 281 g/mol. The molecule has 21 heavy (non-hydrogen) atoms. The van der Waals surface area contributed by atoms with Crippen LogP contribution in [0.4, 0.5) is 13.2 Å². The van der Waals surface area contributed by atoms with Crippen molar-refractivity contribution in [2.75, 3.05) is 6.61 Å². The quantitative estimate of drug-likeness (QED) is 0.870. The van der Waals surface area contributed by atoms with Crippen LogP contribution in [-0.4, -0.2) is 29.5 Å². The summed E-state index contributed by atoms with van der Waals surface area (Å²) in [6.45, 7) is 2.64. The number of halogens is 3. The van der Waals surface area contributed by atoms with Gasteiger partial charge in [-0.25, -0.2) is 0 Å². The number of aryl methyl sites for hydroxylation is 1. The molecule has 2 rings (SSSR count). The highest BCUT2D eigenvalue weighted by molar-refractivity contribution is 5.10. The summed E-state index contributed by atoms with van der Waals surface area (Å²) in [5.41, 5.74) is 1.20. The summed E-state index contributed by atoms with van der Waals surface area (Å²) in [4.78, 5) is 0. The third-order valence-corrected chi connectivity index (χ3v) is 3.88. The lowest BCUT2D eigenvalue weighted by Gasteiger charge is -2.30. The number of ether oxygens (including phenoxy) is 1. The molecule has 6 heteroatoms. The highest BCUT2D eigenvalue weighted by Gasteiger charge is 2.31. The van der Waals surface area contributed by atoms with Gasteiger partial charge in [0.15, 0.2) is 0 Å². The minimum atomic E-state index is -4.23. The number of hydrogen-bond acceptors (Lipinski definition) is 2. The van der Waals surface area contributed by atoms with Crippen LogP contribution in [0.5, 0.6) is 0 Å². The fraction of sp³-hybridized carbons (Fsp3) is 0.733. The minimum absolute atomic E-state index is 0.238. The lowest BCUT2D eigenvalue weighted by atomic mass is 9.92. The highest BCUT2D eigenvalue weighted by atomic mass is 19.4. The normalized spacial score (nSPS) is 23.4. The van der Waals surface area contributed by atoms with E-state index in [0.717, 1.165) is 32.4 Å². The molecule has 0 bridgehead atoms. The Kier molecular flexibility index (Phi) is 5.70. The zero-order valence-electron chi connectivity index (χ0n) is 12.3. The Morgan fingerprint density at radius 1 is 1.38 bits per heavy atom. The second kappa shape index (κ2) is 7.31. The van der Waals surface area contributed by atoms with Crippen molar-refractivity contribution in [1.82, 2.24) is 9.88 Å². The molecule has 0 spiro atoms. The zero-order chi connectivity index (χ0) is 15.3. The van der Waals surface area contributed by atoms with Gasteiger partial charge in [0.1, 0.15) is 6.61 Å². The molecule has 0 aliphatic heterocycles. The van der Waals surface area contributed by atoms with E-state index in [1.807, 2.05) is 6.20 Å². The number of aromatic nitrogens is 1. The lowest BCUT2D eigenvalue weighted by molar-refractivity contribution is -0.188. The molecule has 2 atom stereocenters. The first-order valence-corrected chi connectivity index (χ1v) is 7.52. The summed E-state index contributed by atoms with van der Waals surface area (Å²) in [6.07, 6.45) is 2.91. The van der Waals surface area contributed by atoms with E-state index in [1.54, 1.807) is 0 Å².